The monoisotopic (exact) mass is 617 g/mol. The van der Waals surface area contributed by atoms with Gasteiger partial charge < -0.3 is 24.4 Å². The lowest BCUT2D eigenvalue weighted by Crippen LogP contribution is -2.58. The fraction of sp³-hybridized carbons (Fsp3) is 0.500. The summed E-state index contributed by atoms with van der Waals surface area (Å²) in [7, 11) is 0. The van der Waals surface area contributed by atoms with Crippen LogP contribution in [0, 0.1) is 18.6 Å². The highest BCUT2D eigenvalue weighted by atomic mass is 79.9. The van der Waals surface area contributed by atoms with Crippen molar-refractivity contribution >= 4 is 39.5 Å². The first-order chi connectivity index (χ1) is 17.7. The second-order valence-electron chi connectivity index (χ2n) is 10.3. The molecule has 208 valence electrons. The number of aromatic nitrogens is 1. The molecule has 8 nitrogen and oxygen atoms in total. The van der Waals surface area contributed by atoms with Crippen LogP contribution < -0.4 is 4.74 Å². The van der Waals surface area contributed by atoms with Gasteiger partial charge in [0.05, 0.1) is 27.8 Å². The molecule has 0 unspecified atom stereocenters. The van der Waals surface area contributed by atoms with Crippen molar-refractivity contribution in [3.8, 4) is 11.5 Å². The molecule has 38 heavy (non-hydrogen) atoms. The molecule has 0 saturated carbocycles. The molecule has 1 N–H and O–H groups in total. The highest BCUT2D eigenvalue weighted by molar-refractivity contribution is 9.10. The number of nitrogens with zero attached hydrogens (tertiary/aromatic N) is 3. The summed E-state index contributed by atoms with van der Waals surface area (Å²) < 4.78 is 42.0. The van der Waals surface area contributed by atoms with Crippen LogP contribution in [-0.2, 0) is 4.74 Å². The van der Waals surface area contributed by atoms with E-state index in [0.29, 0.717) is 11.3 Å². The molecule has 0 spiro atoms. The van der Waals surface area contributed by atoms with E-state index in [-0.39, 0.29) is 31.3 Å². The van der Waals surface area contributed by atoms with Gasteiger partial charge in [0.1, 0.15) is 11.2 Å². The normalized spacial score (nSPS) is 16.2. The Balaban J connectivity index is 2.04. The molecule has 1 aromatic carbocycles. The second-order valence-corrected chi connectivity index (χ2v) is 11.5. The van der Waals surface area contributed by atoms with E-state index in [4.69, 9.17) is 21.1 Å². The van der Waals surface area contributed by atoms with E-state index in [1.807, 2.05) is 13.8 Å². The number of ether oxygens (including phenoxy) is 2. The van der Waals surface area contributed by atoms with Crippen LogP contribution in [0.4, 0.5) is 13.6 Å². The topological polar surface area (TPSA) is 92.2 Å². The number of hydrogen-bond acceptors (Lipinski definition) is 6. The van der Waals surface area contributed by atoms with Gasteiger partial charge in [0.15, 0.2) is 23.1 Å². The summed E-state index contributed by atoms with van der Waals surface area (Å²) in [6.45, 7) is 10.0. The van der Waals surface area contributed by atoms with Crippen LogP contribution >= 0.6 is 27.5 Å². The number of aryl methyl sites for hydroxylation is 1. The van der Waals surface area contributed by atoms with Crippen LogP contribution in [0.25, 0.3) is 0 Å². The van der Waals surface area contributed by atoms with E-state index in [2.05, 4.69) is 20.9 Å². The minimum absolute atomic E-state index is 0.0565. The number of benzene rings is 1. The first kappa shape index (κ1) is 30.0. The predicted octanol–water partition coefficient (Wildman–Crippen LogP) is 6.05. The van der Waals surface area contributed by atoms with Gasteiger partial charge in [-0.2, -0.15) is 0 Å². The summed E-state index contributed by atoms with van der Waals surface area (Å²) in [6.07, 6.45) is 0.971. The smallest absolute Gasteiger partial charge is 0.410 e. The average Bonchev–Trinajstić information content (AvgIpc) is 2.85. The lowest BCUT2D eigenvalue weighted by molar-refractivity contribution is -0.00264. The Morgan fingerprint density at radius 2 is 1.89 bits per heavy atom. The number of rotatable bonds is 5. The van der Waals surface area contributed by atoms with Crippen molar-refractivity contribution in [2.45, 2.75) is 59.1 Å². The average molecular weight is 619 g/mol. The number of amides is 2. The summed E-state index contributed by atoms with van der Waals surface area (Å²) in [4.78, 5) is 33.1. The minimum atomic E-state index is -1.18. The maximum atomic E-state index is 15.6. The molecule has 0 aliphatic carbocycles. The Morgan fingerprint density at radius 1 is 1.24 bits per heavy atom. The van der Waals surface area contributed by atoms with E-state index < -0.39 is 62.7 Å². The van der Waals surface area contributed by atoms with Crippen molar-refractivity contribution in [1.82, 2.24) is 14.8 Å². The molecule has 2 heterocycles. The SMILES string of the molecule is Cc1ccnc(C(C)C)c1Oc1c(F)c(Br)c(Cl)c(F)c1C(=O)N1CCN(C(=O)OC(C)(C)C)C[C@H]1CO. The van der Waals surface area contributed by atoms with Gasteiger partial charge in [-0.05, 0) is 61.2 Å². The zero-order chi connectivity index (χ0) is 28.5. The molecule has 1 aromatic heterocycles. The van der Waals surface area contributed by atoms with Crippen LogP contribution in [0.5, 0.6) is 11.5 Å². The quantitative estimate of drug-likeness (QED) is 0.324. The van der Waals surface area contributed by atoms with Gasteiger partial charge in [-0.25, -0.2) is 13.6 Å². The lowest BCUT2D eigenvalue weighted by atomic mass is 10.1. The van der Waals surface area contributed by atoms with Gasteiger partial charge in [0, 0.05) is 25.8 Å². The fourth-order valence-electron chi connectivity index (χ4n) is 4.03. The molecule has 2 aromatic rings. The molecular weight excluding hydrogens is 588 g/mol. The van der Waals surface area contributed by atoms with Crippen LogP contribution in [0.2, 0.25) is 5.02 Å². The Kier molecular flexibility index (Phi) is 9.26. The number of aliphatic hydroxyl groups is 1. The standard InChI is InChI=1S/C26H31BrClF2N3O5/c1-13(2)21-22(14(3)7-8-31-21)37-23-16(19(29)18(28)17(27)20(23)30)24(35)33-10-9-32(11-15(33)12-34)25(36)38-26(4,5)6/h7-8,13,15,34H,9-12H2,1-6H3/t15-/m0/s1. The van der Waals surface area contributed by atoms with Gasteiger partial charge in [-0.15, -0.1) is 0 Å². The van der Waals surface area contributed by atoms with E-state index in [0.717, 1.165) is 0 Å². The van der Waals surface area contributed by atoms with Gasteiger partial charge >= 0.3 is 6.09 Å². The number of aliphatic hydroxyl groups excluding tert-OH is 1. The molecule has 3 rings (SSSR count). The maximum Gasteiger partial charge on any atom is 0.410 e. The van der Waals surface area contributed by atoms with Gasteiger partial charge in [-0.3, -0.25) is 9.78 Å². The molecule has 1 fully saturated rings. The number of hydrogen-bond donors (Lipinski definition) is 1. The van der Waals surface area contributed by atoms with Crippen LogP contribution in [0.3, 0.4) is 0 Å². The van der Waals surface area contributed by atoms with Crippen LogP contribution in [0.15, 0.2) is 16.7 Å². The van der Waals surface area contributed by atoms with Crippen molar-refractivity contribution in [3.63, 3.8) is 0 Å². The number of carbonyl (C=O) groups is 2. The van der Waals surface area contributed by atoms with Gasteiger partial charge in [0.2, 0.25) is 0 Å². The predicted molar refractivity (Wildman–Crippen MR) is 142 cm³/mol. The van der Waals surface area contributed by atoms with Crippen LogP contribution in [-0.4, -0.2) is 69.8 Å². The minimum Gasteiger partial charge on any atom is -0.451 e. The van der Waals surface area contributed by atoms with Crippen molar-refractivity contribution in [1.29, 1.82) is 0 Å². The van der Waals surface area contributed by atoms with Crippen molar-refractivity contribution in [2.75, 3.05) is 26.2 Å². The first-order valence-corrected chi connectivity index (χ1v) is 13.2. The highest BCUT2D eigenvalue weighted by Gasteiger charge is 2.38. The third kappa shape index (κ3) is 6.21. The maximum absolute atomic E-state index is 15.6. The largest absolute Gasteiger partial charge is 0.451 e. The summed E-state index contributed by atoms with van der Waals surface area (Å²) >= 11 is 8.98. The van der Waals surface area contributed by atoms with Gasteiger partial charge in [-0.1, -0.05) is 25.4 Å². The lowest BCUT2D eigenvalue weighted by Gasteiger charge is -2.41. The third-order valence-electron chi connectivity index (χ3n) is 5.92. The summed E-state index contributed by atoms with van der Waals surface area (Å²) in [5.74, 6) is -3.77. The van der Waals surface area contributed by atoms with Crippen molar-refractivity contribution < 1.29 is 33.0 Å². The van der Waals surface area contributed by atoms with Crippen molar-refractivity contribution in [3.05, 3.63) is 50.2 Å². The number of piperazine rings is 1. The fourth-order valence-corrected chi connectivity index (χ4v) is 4.56. The summed E-state index contributed by atoms with van der Waals surface area (Å²) in [5, 5.41) is 9.41. The Labute approximate surface area is 234 Å². The van der Waals surface area contributed by atoms with E-state index in [9.17, 15) is 14.7 Å². The highest BCUT2D eigenvalue weighted by Crippen LogP contribution is 2.43. The molecule has 1 aliphatic rings. The molecule has 0 radical (unpaired) electrons. The van der Waals surface area contributed by atoms with E-state index >= 15 is 8.78 Å². The first-order valence-electron chi connectivity index (χ1n) is 12.1. The molecule has 2 amide bonds. The second kappa shape index (κ2) is 11.7. The zero-order valence-electron chi connectivity index (χ0n) is 22.1. The summed E-state index contributed by atoms with van der Waals surface area (Å²) in [5.41, 5.74) is -0.363. The van der Waals surface area contributed by atoms with E-state index in [1.54, 1.807) is 40.0 Å². The molecule has 1 aliphatic heterocycles. The third-order valence-corrected chi connectivity index (χ3v) is 7.25. The summed E-state index contributed by atoms with van der Waals surface area (Å²) in [6, 6.07) is 0.743. The van der Waals surface area contributed by atoms with Crippen LogP contribution in [0.1, 0.15) is 62.2 Å². The molecule has 0 bridgehead atoms. The Morgan fingerprint density at radius 3 is 2.47 bits per heavy atom. The molecule has 12 heteroatoms. The molecule has 1 atom stereocenters. The zero-order valence-corrected chi connectivity index (χ0v) is 24.4. The van der Waals surface area contributed by atoms with Crippen molar-refractivity contribution in [2.24, 2.45) is 0 Å². The molecular formula is C26H31BrClF2N3O5. The molecule has 1 saturated heterocycles. The van der Waals surface area contributed by atoms with Gasteiger partial charge in [0.25, 0.3) is 5.91 Å². The Bertz CT molecular complexity index is 1240. The van der Waals surface area contributed by atoms with E-state index in [1.165, 1.54) is 9.80 Å². The number of carbonyl (C=O) groups excluding carboxylic acids is 2. The number of halogens is 4. The Hall–Kier alpha value is -2.50. The number of pyridine rings is 1.